The molecule has 0 saturated heterocycles. The van der Waals surface area contributed by atoms with E-state index in [1.807, 2.05) is 26.8 Å². The van der Waals surface area contributed by atoms with E-state index in [0.29, 0.717) is 12.1 Å². The molecule has 2 aromatic heterocycles. The molecule has 0 fully saturated rings. The van der Waals surface area contributed by atoms with Crippen LogP contribution >= 0.6 is 0 Å². The van der Waals surface area contributed by atoms with E-state index in [4.69, 9.17) is 0 Å². The molecule has 0 unspecified atom stereocenters. The topological polar surface area (TPSA) is 59.3 Å². The lowest BCUT2D eigenvalue weighted by molar-refractivity contribution is 0.0954. The van der Waals surface area contributed by atoms with Gasteiger partial charge in [0.15, 0.2) is 5.65 Å². The van der Waals surface area contributed by atoms with Crippen LogP contribution in [0.4, 0.5) is 0 Å². The highest BCUT2D eigenvalue weighted by Gasteiger charge is 2.18. The maximum Gasteiger partial charge on any atom is 0.254 e. The number of nitrogens with one attached hydrogen (secondary N) is 1. The molecule has 23 heavy (non-hydrogen) atoms. The molecule has 0 atom stereocenters. The second-order valence-electron chi connectivity index (χ2n) is 5.68. The van der Waals surface area contributed by atoms with Crippen LogP contribution in [0.3, 0.4) is 0 Å². The minimum absolute atomic E-state index is 0.121. The van der Waals surface area contributed by atoms with Gasteiger partial charge in [0.1, 0.15) is 0 Å². The Morgan fingerprint density at radius 3 is 2.74 bits per heavy atom. The summed E-state index contributed by atoms with van der Waals surface area (Å²) in [6.45, 7) is 8.41. The first-order valence-corrected chi connectivity index (χ1v) is 7.73. The van der Waals surface area contributed by atoms with Gasteiger partial charge in [0.05, 0.1) is 17.0 Å². The van der Waals surface area contributed by atoms with E-state index in [1.54, 1.807) is 10.7 Å². The van der Waals surface area contributed by atoms with Gasteiger partial charge in [0.25, 0.3) is 5.91 Å². The minimum Gasteiger partial charge on any atom is -0.352 e. The van der Waals surface area contributed by atoms with Crippen molar-refractivity contribution in [3.8, 4) is 11.1 Å². The molecule has 0 saturated carbocycles. The zero-order valence-electron chi connectivity index (χ0n) is 13.8. The molecular weight excluding hydrogens is 288 g/mol. The number of nitrogens with zero attached hydrogens (tertiary/aromatic N) is 3. The van der Waals surface area contributed by atoms with E-state index in [1.165, 1.54) is 5.56 Å². The third kappa shape index (κ3) is 2.59. The number of fused-ring (bicyclic) bond motifs is 1. The standard InChI is InChI=1S/C18H20N4O/c1-5-19-18(23)15-10-20-17-16(12(3)21-22(17)13(15)4)14-8-6-7-11(2)9-14/h6-10H,5H2,1-4H3,(H,19,23). The number of rotatable bonds is 3. The lowest BCUT2D eigenvalue weighted by atomic mass is 10.0. The van der Waals surface area contributed by atoms with Crippen molar-refractivity contribution in [2.24, 2.45) is 0 Å². The number of hydrogen-bond donors (Lipinski definition) is 1. The van der Waals surface area contributed by atoms with Gasteiger partial charge in [-0.3, -0.25) is 4.79 Å². The number of amides is 1. The molecule has 3 rings (SSSR count). The van der Waals surface area contributed by atoms with Crippen LogP contribution in [0, 0.1) is 20.8 Å². The van der Waals surface area contributed by atoms with E-state index in [9.17, 15) is 4.79 Å². The molecular formula is C18H20N4O. The number of aromatic nitrogens is 3. The maximum atomic E-state index is 12.1. The third-order valence-electron chi connectivity index (χ3n) is 3.95. The molecule has 0 aliphatic carbocycles. The highest BCUT2D eigenvalue weighted by atomic mass is 16.1. The van der Waals surface area contributed by atoms with E-state index < -0.39 is 0 Å². The second-order valence-corrected chi connectivity index (χ2v) is 5.68. The molecule has 0 spiro atoms. The number of hydrogen-bond acceptors (Lipinski definition) is 3. The third-order valence-corrected chi connectivity index (χ3v) is 3.95. The molecule has 5 nitrogen and oxygen atoms in total. The minimum atomic E-state index is -0.121. The summed E-state index contributed by atoms with van der Waals surface area (Å²) >= 11 is 0. The first-order valence-electron chi connectivity index (χ1n) is 7.73. The molecule has 1 aromatic carbocycles. The average Bonchev–Trinajstić information content (AvgIpc) is 2.85. The van der Waals surface area contributed by atoms with Gasteiger partial charge in [-0.15, -0.1) is 0 Å². The second kappa shape index (κ2) is 5.83. The fraction of sp³-hybridized carbons (Fsp3) is 0.278. The fourth-order valence-corrected chi connectivity index (χ4v) is 2.82. The van der Waals surface area contributed by atoms with Gasteiger partial charge in [0, 0.05) is 18.3 Å². The number of carbonyl (C=O) groups excluding carboxylic acids is 1. The molecule has 2 heterocycles. The highest BCUT2D eigenvalue weighted by Crippen LogP contribution is 2.28. The first kappa shape index (κ1) is 15.2. The quantitative estimate of drug-likeness (QED) is 0.809. The molecule has 118 valence electrons. The summed E-state index contributed by atoms with van der Waals surface area (Å²) in [6.07, 6.45) is 1.63. The van der Waals surface area contributed by atoms with Crippen molar-refractivity contribution in [3.63, 3.8) is 0 Å². The smallest absolute Gasteiger partial charge is 0.254 e. The van der Waals surface area contributed by atoms with Crippen LogP contribution in [0.1, 0.15) is 34.2 Å². The summed E-state index contributed by atoms with van der Waals surface area (Å²) in [5, 5.41) is 7.40. The van der Waals surface area contributed by atoms with Gasteiger partial charge >= 0.3 is 0 Å². The Balaban J connectivity index is 2.21. The molecule has 5 heteroatoms. The summed E-state index contributed by atoms with van der Waals surface area (Å²) in [4.78, 5) is 16.6. The Morgan fingerprint density at radius 2 is 2.04 bits per heavy atom. The zero-order valence-corrected chi connectivity index (χ0v) is 13.8. The first-order chi connectivity index (χ1) is 11.0. The largest absolute Gasteiger partial charge is 0.352 e. The van der Waals surface area contributed by atoms with Crippen molar-refractivity contribution in [2.45, 2.75) is 27.7 Å². The van der Waals surface area contributed by atoms with Crippen molar-refractivity contribution < 1.29 is 4.79 Å². The van der Waals surface area contributed by atoms with E-state index in [2.05, 4.69) is 40.5 Å². The Bertz CT molecular complexity index is 895. The van der Waals surface area contributed by atoms with Crippen LogP contribution in [0.15, 0.2) is 30.5 Å². The van der Waals surface area contributed by atoms with Crippen molar-refractivity contribution in [3.05, 3.63) is 53.0 Å². The predicted molar refractivity (Wildman–Crippen MR) is 90.6 cm³/mol. The predicted octanol–water partition coefficient (Wildman–Crippen LogP) is 3.07. The molecule has 0 aliphatic heterocycles. The van der Waals surface area contributed by atoms with Crippen molar-refractivity contribution in [2.75, 3.05) is 6.54 Å². The van der Waals surface area contributed by atoms with Gasteiger partial charge in [-0.2, -0.15) is 5.10 Å². The molecule has 1 N–H and O–H groups in total. The van der Waals surface area contributed by atoms with Crippen LogP contribution < -0.4 is 5.32 Å². The Hall–Kier alpha value is -2.69. The fourth-order valence-electron chi connectivity index (χ4n) is 2.82. The maximum absolute atomic E-state index is 12.1. The SMILES string of the molecule is CCNC(=O)c1cnc2c(-c3cccc(C)c3)c(C)nn2c1C. The number of aryl methyl sites for hydroxylation is 3. The molecule has 3 aromatic rings. The van der Waals surface area contributed by atoms with Crippen LogP contribution in [-0.4, -0.2) is 27.0 Å². The molecule has 0 bridgehead atoms. The van der Waals surface area contributed by atoms with Crippen molar-refractivity contribution in [1.82, 2.24) is 19.9 Å². The summed E-state index contributed by atoms with van der Waals surface area (Å²) < 4.78 is 1.76. The lowest BCUT2D eigenvalue weighted by Gasteiger charge is -2.07. The van der Waals surface area contributed by atoms with Gasteiger partial charge in [-0.05, 0) is 33.3 Å². The number of carbonyl (C=O) groups is 1. The Morgan fingerprint density at radius 1 is 1.26 bits per heavy atom. The van der Waals surface area contributed by atoms with E-state index >= 15 is 0 Å². The summed E-state index contributed by atoms with van der Waals surface area (Å²) in [5.74, 6) is -0.121. The van der Waals surface area contributed by atoms with Crippen LogP contribution in [0.5, 0.6) is 0 Å². The van der Waals surface area contributed by atoms with Crippen LogP contribution in [0.2, 0.25) is 0 Å². The summed E-state index contributed by atoms with van der Waals surface area (Å²) in [7, 11) is 0. The highest BCUT2D eigenvalue weighted by molar-refractivity contribution is 5.95. The average molecular weight is 308 g/mol. The van der Waals surface area contributed by atoms with Crippen LogP contribution in [-0.2, 0) is 0 Å². The molecule has 0 aliphatic rings. The van der Waals surface area contributed by atoms with Crippen molar-refractivity contribution in [1.29, 1.82) is 0 Å². The van der Waals surface area contributed by atoms with E-state index in [0.717, 1.165) is 28.2 Å². The Kier molecular flexibility index (Phi) is 3.86. The summed E-state index contributed by atoms with van der Waals surface area (Å²) in [6, 6.07) is 8.28. The van der Waals surface area contributed by atoms with Gasteiger partial charge in [0.2, 0.25) is 0 Å². The summed E-state index contributed by atoms with van der Waals surface area (Å²) in [5.41, 5.74) is 6.32. The lowest BCUT2D eigenvalue weighted by Crippen LogP contribution is -2.24. The molecule has 1 amide bonds. The Labute approximate surface area is 135 Å². The van der Waals surface area contributed by atoms with Gasteiger partial charge < -0.3 is 5.32 Å². The van der Waals surface area contributed by atoms with Crippen molar-refractivity contribution >= 4 is 11.6 Å². The van der Waals surface area contributed by atoms with Gasteiger partial charge in [-0.25, -0.2) is 9.50 Å². The monoisotopic (exact) mass is 308 g/mol. The van der Waals surface area contributed by atoms with Gasteiger partial charge in [-0.1, -0.05) is 29.8 Å². The van der Waals surface area contributed by atoms with Crippen LogP contribution in [0.25, 0.3) is 16.8 Å². The van der Waals surface area contributed by atoms with E-state index in [-0.39, 0.29) is 5.91 Å². The zero-order chi connectivity index (χ0) is 16.6. The molecule has 0 radical (unpaired) electrons. The number of benzene rings is 1. The normalized spacial score (nSPS) is 11.0.